The molecule has 0 radical (unpaired) electrons. The van der Waals surface area contributed by atoms with E-state index < -0.39 is 0 Å². The third kappa shape index (κ3) is 3.47. The molecular weight excluding hydrogens is 396 g/mol. The van der Waals surface area contributed by atoms with Crippen LogP contribution in [0.5, 0.6) is 0 Å². The summed E-state index contributed by atoms with van der Waals surface area (Å²) in [4.78, 5) is 13.0. The standard InChI is InChI=1S/C26H26N6/c1-31-9-11-32(12-10-31)17-18-5-7-19(8-6-18)20-13-22-23(15-28-26(22)27-14-20)21-3-2-4-25-24(21)16-29-30-25/h2-8,13-16H,9-12,17H2,1H3,(H,27,28)(H,29,30). The van der Waals surface area contributed by atoms with Crippen LogP contribution in [0.15, 0.2) is 67.1 Å². The zero-order valence-electron chi connectivity index (χ0n) is 18.2. The molecule has 0 bridgehead atoms. The largest absolute Gasteiger partial charge is 0.346 e. The number of aromatic nitrogens is 4. The van der Waals surface area contributed by atoms with Crippen molar-refractivity contribution in [3.8, 4) is 22.3 Å². The van der Waals surface area contributed by atoms with Gasteiger partial charge in [0, 0.05) is 67.0 Å². The summed E-state index contributed by atoms with van der Waals surface area (Å²) in [6.07, 6.45) is 5.89. The van der Waals surface area contributed by atoms with Gasteiger partial charge in [-0.05, 0) is 35.9 Å². The van der Waals surface area contributed by atoms with Gasteiger partial charge in [0.1, 0.15) is 5.65 Å². The van der Waals surface area contributed by atoms with Crippen LogP contribution in [0.2, 0.25) is 0 Å². The number of nitrogens with zero attached hydrogens (tertiary/aromatic N) is 4. The molecule has 2 N–H and O–H groups in total. The Hall–Kier alpha value is -3.48. The van der Waals surface area contributed by atoms with Crippen LogP contribution in [-0.4, -0.2) is 63.2 Å². The molecule has 6 rings (SSSR count). The molecular formula is C26H26N6. The molecule has 3 aromatic heterocycles. The van der Waals surface area contributed by atoms with Crippen molar-refractivity contribution in [3.05, 3.63) is 72.7 Å². The lowest BCUT2D eigenvalue weighted by Crippen LogP contribution is -2.43. The second-order valence-electron chi connectivity index (χ2n) is 8.74. The lowest BCUT2D eigenvalue weighted by Gasteiger charge is -2.32. The zero-order valence-corrected chi connectivity index (χ0v) is 18.2. The van der Waals surface area contributed by atoms with Gasteiger partial charge in [0.05, 0.1) is 11.7 Å². The minimum atomic E-state index is 0.899. The Morgan fingerprint density at radius 2 is 1.72 bits per heavy atom. The van der Waals surface area contributed by atoms with Gasteiger partial charge >= 0.3 is 0 Å². The van der Waals surface area contributed by atoms with E-state index in [1.54, 1.807) is 0 Å². The Morgan fingerprint density at radius 1 is 0.875 bits per heavy atom. The van der Waals surface area contributed by atoms with Gasteiger partial charge < -0.3 is 9.88 Å². The average Bonchev–Trinajstić information content (AvgIpc) is 3.48. The van der Waals surface area contributed by atoms with E-state index in [1.165, 1.54) is 11.1 Å². The molecule has 0 spiro atoms. The van der Waals surface area contributed by atoms with Crippen LogP contribution in [0.3, 0.4) is 0 Å². The fraction of sp³-hybridized carbons (Fsp3) is 0.231. The molecule has 4 heterocycles. The first-order chi connectivity index (χ1) is 15.7. The third-order valence-corrected chi connectivity index (χ3v) is 6.60. The quantitative estimate of drug-likeness (QED) is 0.447. The number of piperazine rings is 1. The summed E-state index contributed by atoms with van der Waals surface area (Å²) in [7, 11) is 2.20. The molecule has 1 aliphatic heterocycles. The first-order valence-corrected chi connectivity index (χ1v) is 11.1. The van der Waals surface area contributed by atoms with Crippen LogP contribution in [0.25, 0.3) is 44.2 Å². The average molecular weight is 423 g/mol. The Bertz CT molecular complexity index is 1370. The number of likely N-dealkylation sites (N-methyl/N-ethyl adjacent to an activating group) is 1. The lowest BCUT2D eigenvalue weighted by molar-refractivity contribution is 0.148. The molecule has 0 amide bonds. The van der Waals surface area contributed by atoms with Crippen LogP contribution in [-0.2, 0) is 6.54 Å². The van der Waals surface area contributed by atoms with Crippen molar-refractivity contribution in [1.82, 2.24) is 30.0 Å². The minimum Gasteiger partial charge on any atom is -0.346 e. The second-order valence-corrected chi connectivity index (χ2v) is 8.74. The van der Waals surface area contributed by atoms with Crippen molar-refractivity contribution in [3.63, 3.8) is 0 Å². The van der Waals surface area contributed by atoms with E-state index in [-0.39, 0.29) is 0 Å². The summed E-state index contributed by atoms with van der Waals surface area (Å²) in [5.41, 5.74) is 7.92. The van der Waals surface area contributed by atoms with Crippen molar-refractivity contribution >= 4 is 21.9 Å². The summed E-state index contributed by atoms with van der Waals surface area (Å²) in [6.45, 7) is 5.59. The van der Waals surface area contributed by atoms with E-state index in [2.05, 4.69) is 74.5 Å². The topological polar surface area (TPSA) is 63.8 Å². The first-order valence-electron chi connectivity index (χ1n) is 11.1. The highest BCUT2D eigenvalue weighted by Gasteiger charge is 2.15. The predicted octanol–water partition coefficient (Wildman–Crippen LogP) is 4.52. The molecule has 160 valence electrons. The molecule has 6 nitrogen and oxygen atoms in total. The fourth-order valence-corrected chi connectivity index (χ4v) is 4.65. The summed E-state index contributed by atoms with van der Waals surface area (Å²) in [5, 5.41) is 9.52. The summed E-state index contributed by atoms with van der Waals surface area (Å²) in [5.74, 6) is 0. The zero-order chi connectivity index (χ0) is 21.5. The maximum Gasteiger partial charge on any atom is 0.137 e. The van der Waals surface area contributed by atoms with Gasteiger partial charge in [-0.3, -0.25) is 10.00 Å². The minimum absolute atomic E-state index is 0.899. The maximum absolute atomic E-state index is 4.70. The molecule has 6 heteroatoms. The van der Waals surface area contributed by atoms with E-state index in [9.17, 15) is 0 Å². The molecule has 1 saturated heterocycles. The molecule has 1 aliphatic rings. The van der Waals surface area contributed by atoms with Gasteiger partial charge in [-0.1, -0.05) is 36.4 Å². The van der Waals surface area contributed by atoms with Crippen molar-refractivity contribution in [2.75, 3.05) is 33.2 Å². The predicted molar refractivity (Wildman–Crippen MR) is 129 cm³/mol. The van der Waals surface area contributed by atoms with E-state index in [0.717, 1.165) is 71.4 Å². The molecule has 2 aromatic carbocycles. The Balaban J connectivity index is 1.30. The van der Waals surface area contributed by atoms with E-state index in [0.29, 0.717) is 0 Å². The number of aromatic amines is 2. The molecule has 32 heavy (non-hydrogen) atoms. The van der Waals surface area contributed by atoms with E-state index >= 15 is 0 Å². The van der Waals surface area contributed by atoms with Crippen molar-refractivity contribution in [2.24, 2.45) is 0 Å². The molecule has 0 aliphatic carbocycles. The number of H-pyrrole nitrogens is 2. The van der Waals surface area contributed by atoms with Gasteiger partial charge in [0.25, 0.3) is 0 Å². The van der Waals surface area contributed by atoms with Gasteiger partial charge in [-0.25, -0.2) is 4.98 Å². The Kier molecular flexibility index (Phi) is 4.74. The SMILES string of the molecule is CN1CCN(Cc2ccc(-c3cnc4[nH]cc(-c5cccc6[nH]ncc56)c4c3)cc2)CC1. The Morgan fingerprint density at radius 3 is 2.56 bits per heavy atom. The maximum atomic E-state index is 4.70. The number of nitrogens with one attached hydrogen (secondary N) is 2. The van der Waals surface area contributed by atoms with Gasteiger partial charge in [-0.2, -0.15) is 5.10 Å². The van der Waals surface area contributed by atoms with Crippen molar-refractivity contribution in [2.45, 2.75) is 6.54 Å². The molecule has 0 atom stereocenters. The molecule has 0 unspecified atom stereocenters. The summed E-state index contributed by atoms with van der Waals surface area (Å²) >= 11 is 0. The molecule has 0 saturated carbocycles. The number of rotatable bonds is 4. The fourth-order valence-electron chi connectivity index (χ4n) is 4.65. The normalized spacial score (nSPS) is 15.7. The summed E-state index contributed by atoms with van der Waals surface area (Å²) in [6, 6.07) is 17.4. The highest BCUT2D eigenvalue weighted by atomic mass is 15.2. The number of hydrogen-bond acceptors (Lipinski definition) is 4. The number of benzene rings is 2. The summed E-state index contributed by atoms with van der Waals surface area (Å²) < 4.78 is 0. The second kappa shape index (κ2) is 7.89. The molecule has 5 aromatic rings. The van der Waals surface area contributed by atoms with Gasteiger partial charge in [0.15, 0.2) is 0 Å². The highest BCUT2D eigenvalue weighted by Crippen LogP contribution is 2.34. The van der Waals surface area contributed by atoms with Crippen LogP contribution >= 0.6 is 0 Å². The van der Waals surface area contributed by atoms with Crippen LogP contribution in [0.1, 0.15) is 5.56 Å². The number of pyridine rings is 1. The van der Waals surface area contributed by atoms with Crippen LogP contribution in [0, 0.1) is 0 Å². The van der Waals surface area contributed by atoms with Gasteiger partial charge in [0.2, 0.25) is 0 Å². The molecule has 1 fully saturated rings. The van der Waals surface area contributed by atoms with Crippen LogP contribution < -0.4 is 0 Å². The van der Waals surface area contributed by atoms with Crippen LogP contribution in [0.4, 0.5) is 0 Å². The lowest BCUT2D eigenvalue weighted by atomic mass is 9.99. The van der Waals surface area contributed by atoms with E-state index in [4.69, 9.17) is 4.98 Å². The highest BCUT2D eigenvalue weighted by molar-refractivity contribution is 6.04. The van der Waals surface area contributed by atoms with Gasteiger partial charge in [-0.15, -0.1) is 0 Å². The number of fused-ring (bicyclic) bond motifs is 2. The monoisotopic (exact) mass is 422 g/mol. The third-order valence-electron chi connectivity index (χ3n) is 6.60. The first kappa shape index (κ1) is 19.2. The smallest absolute Gasteiger partial charge is 0.137 e. The van der Waals surface area contributed by atoms with E-state index in [1.807, 2.05) is 24.7 Å². The number of hydrogen-bond donors (Lipinski definition) is 2. The van der Waals surface area contributed by atoms with Crippen molar-refractivity contribution in [1.29, 1.82) is 0 Å². The Labute approximate surface area is 186 Å². The van der Waals surface area contributed by atoms with Crippen molar-refractivity contribution < 1.29 is 0 Å².